The molecule has 3 atom stereocenters. The predicted octanol–water partition coefficient (Wildman–Crippen LogP) is 2.86. The van der Waals surface area contributed by atoms with Gasteiger partial charge in [0, 0.05) is 36.0 Å². The summed E-state index contributed by atoms with van der Waals surface area (Å²) in [6, 6.07) is 6.87. The van der Waals surface area contributed by atoms with Crippen LogP contribution < -0.4 is 10.6 Å². The third kappa shape index (κ3) is 4.54. The summed E-state index contributed by atoms with van der Waals surface area (Å²) in [7, 11) is 0. The van der Waals surface area contributed by atoms with E-state index in [1.54, 1.807) is 13.0 Å². The van der Waals surface area contributed by atoms with Gasteiger partial charge in [0.2, 0.25) is 5.91 Å². The number of rotatable bonds is 5. The highest BCUT2D eigenvalue weighted by molar-refractivity contribution is 5.99. The van der Waals surface area contributed by atoms with Crippen molar-refractivity contribution in [3.8, 4) is 0 Å². The maximum Gasteiger partial charge on any atom is 0.220 e. The van der Waals surface area contributed by atoms with E-state index in [0.29, 0.717) is 17.6 Å². The van der Waals surface area contributed by atoms with Gasteiger partial charge in [-0.15, -0.1) is 12.4 Å². The average Bonchev–Trinajstić information content (AvgIpc) is 2.85. The number of Topliss-reactive ketones (excluding diaryl/α,β-unsaturated/α-hetero) is 1. The van der Waals surface area contributed by atoms with Crippen LogP contribution in [0.15, 0.2) is 24.3 Å². The maximum absolute atomic E-state index is 13.2. The van der Waals surface area contributed by atoms with Crippen molar-refractivity contribution < 1.29 is 14.0 Å². The molecule has 0 aliphatic carbocycles. The Morgan fingerprint density at radius 2 is 1.96 bits per heavy atom. The van der Waals surface area contributed by atoms with E-state index in [2.05, 4.69) is 10.6 Å². The Morgan fingerprint density at radius 1 is 1.29 bits per heavy atom. The van der Waals surface area contributed by atoms with Crippen LogP contribution in [0, 0.1) is 11.7 Å². The second kappa shape index (κ2) is 8.08. The second-order valence-corrected chi connectivity index (χ2v) is 6.85. The summed E-state index contributed by atoms with van der Waals surface area (Å²) in [5.41, 5.74) is 0.324. The van der Waals surface area contributed by atoms with Crippen molar-refractivity contribution in [3.63, 3.8) is 0 Å². The number of amides is 1. The molecule has 24 heavy (non-hydrogen) atoms. The van der Waals surface area contributed by atoms with Crippen LogP contribution in [0.25, 0.3) is 0 Å². The topological polar surface area (TPSA) is 58.2 Å². The molecule has 132 valence electrons. The lowest BCUT2D eigenvalue weighted by molar-refractivity contribution is -0.122. The van der Waals surface area contributed by atoms with Crippen molar-refractivity contribution in [1.82, 2.24) is 10.6 Å². The number of piperidine rings is 1. The number of benzene rings is 1. The molecule has 1 aromatic carbocycles. The Bertz CT molecular complexity index is 598. The maximum atomic E-state index is 13.2. The van der Waals surface area contributed by atoms with Crippen LogP contribution in [0.1, 0.15) is 49.4 Å². The highest BCUT2D eigenvalue weighted by atomic mass is 35.5. The molecule has 0 saturated carbocycles. The van der Waals surface area contributed by atoms with Gasteiger partial charge in [0.05, 0.1) is 0 Å². The predicted molar refractivity (Wildman–Crippen MR) is 92.9 cm³/mol. The van der Waals surface area contributed by atoms with Gasteiger partial charge in [0.15, 0.2) is 5.78 Å². The van der Waals surface area contributed by atoms with E-state index < -0.39 is 11.7 Å². The van der Waals surface area contributed by atoms with Crippen molar-refractivity contribution in [2.24, 2.45) is 5.92 Å². The standard InChI is InChI=1S/C18H23FN2O2.ClH/c1-11(18(23)12-3-2-4-13(19)8-12)7-17(22)21-16-9-14-5-6-15(10-16)20-14;/h2-4,8,11,14-16,20H,5-7,9-10H2,1H3,(H,21,22);1H. The van der Waals surface area contributed by atoms with Crippen LogP contribution in [0.5, 0.6) is 0 Å². The zero-order chi connectivity index (χ0) is 16.4. The Hall–Kier alpha value is -1.46. The lowest BCUT2D eigenvalue weighted by Crippen LogP contribution is -2.48. The molecule has 2 saturated heterocycles. The molecule has 2 N–H and O–H groups in total. The lowest BCUT2D eigenvalue weighted by Gasteiger charge is -2.30. The molecule has 2 heterocycles. The number of nitrogens with one attached hydrogen (secondary N) is 2. The summed E-state index contributed by atoms with van der Waals surface area (Å²) >= 11 is 0. The molecule has 0 radical (unpaired) electrons. The number of halogens is 2. The molecular formula is C18H24ClFN2O2. The van der Waals surface area contributed by atoms with Gasteiger partial charge >= 0.3 is 0 Å². The van der Waals surface area contributed by atoms with E-state index in [-0.39, 0.29) is 36.6 Å². The highest BCUT2D eigenvalue weighted by Crippen LogP contribution is 2.27. The van der Waals surface area contributed by atoms with Gasteiger partial charge in [-0.2, -0.15) is 0 Å². The summed E-state index contributed by atoms with van der Waals surface area (Å²) in [5, 5.41) is 6.60. The first-order chi connectivity index (χ1) is 11.0. The molecule has 2 fully saturated rings. The fourth-order valence-electron chi connectivity index (χ4n) is 3.76. The molecule has 0 aromatic heterocycles. The van der Waals surface area contributed by atoms with Crippen LogP contribution >= 0.6 is 12.4 Å². The first-order valence-electron chi connectivity index (χ1n) is 8.36. The van der Waals surface area contributed by atoms with Gasteiger partial charge < -0.3 is 10.6 Å². The average molecular weight is 355 g/mol. The first-order valence-corrected chi connectivity index (χ1v) is 8.36. The quantitative estimate of drug-likeness (QED) is 0.799. The molecule has 1 amide bonds. The summed E-state index contributed by atoms with van der Waals surface area (Å²) in [4.78, 5) is 24.5. The fourth-order valence-corrected chi connectivity index (χ4v) is 3.76. The molecule has 3 unspecified atom stereocenters. The Labute approximate surface area is 148 Å². The molecule has 6 heteroatoms. The van der Waals surface area contributed by atoms with E-state index in [1.807, 2.05) is 0 Å². The summed E-state index contributed by atoms with van der Waals surface area (Å²) < 4.78 is 13.2. The molecule has 2 aliphatic heterocycles. The van der Waals surface area contributed by atoms with Crippen LogP contribution in [0.2, 0.25) is 0 Å². The molecule has 2 bridgehead atoms. The Kier molecular flexibility index (Phi) is 6.35. The van der Waals surface area contributed by atoms with Crippen molar-refractivity contribution in [1.29, 1.82) is 0 Å². The van der Waals surface area contributed by atoms with Crippen LogP contribution in [0.4, 0.5) is 4.39 Å². The zero-order valence-electron chi connectivity index (χ0n) is 13.8. The van der Waals surface area contributed by atoms with E-state index in [1.165, 1.54) is 31.0 Å². The SMILES string of the molecule is CC(CC(=O)NC1CC2CCC(C1)N2)C(=O)c1cccc(F)c1.Cl. The van der Waals surface area contributed by atoms with E-state index in [0.717, 1.165) is 12.8 Å². The normalized spacial score (nSPS) is 26.3. The third-order valence-electron chi connectivity index (χ3n) is 4.89. The number of carbonyl (C=O) groups excluding carboxylic acids is 2. The van der Waals surface area contributed by atoms with Gasteiger partial charge in [-0.05, 0) is 37.8 Å². The third-order valence-corrected chi connectivity index (χ3v) is 4.89. The zero-order valence-corrected chi connectivity index (χ0v) is 14.6. The van der Waals surface area contributed by atoms with Crippen molar-refractivity contribution in [2.75, 3.05) is 0 Å². The molecular weight excluding hydrogens is 331 g/mol. The minimum absolute atomic E-state index is 0. The molecule has 3 rings (SSSR count). The smallest absolute Gasteiger partial charge is 0.220 e. The van der Waals surface area contributed by atoms with Gasteiger partial charge in [-0.1, -0.05) is 19.1 Å². The number of hydrogen-bond acceptors (Lipinski definition) is 3. The van der Waals surface area contributed by atoms with Crippen molar-refractivity contribution in [2.45, 2.75) is 57.2 Å². The molecule has 0 spiro atoms. The van der Waals surface area contributed by atoms with E-state index >= 15 is 0 Å². The number of ketones is 1. The Balaban J connectivity index is 0.00000208. The summed E-state index contributed by atoms with van der Waals surface area (Å²) in [6.07, 6.45) is 4.45. The largest absolute Gasteiger partial charge is 0.353 e. The number of hydrogen-bond donors (Lipinski definition) is 2. The fraction of sp³-hybridized carbons (Fsp3) is 0.556. The lowest BCUT2D eigenvalue weighted by atomic mass is 9.95. The second-order valence-electron chi connectivity index (χ2n) is 6.85. The number of fused-ring (bicyclic) bond motifs is 2. The van der Waals surface area contributed by atoms with Crippen LogP contribution in [-0.4, -0.2) is 29.8 Å². The van der Waals surface area contributed by atoms with Gasteiger partial charge in [-0.25, -0.2) is 4.39 Å². The Morgan fingerprint density at radius 3 is 2.58 bits per heavy atom. The first kappa shape index (κ1) is 18.9. The molecule has 1 aromatic rings. The number of carbonyl (C=O) groups is 2. The minimum atomic E-state index is -0.449. The minimum Gasteiger partial charge on any atom is -0.353 e. The van der Waals surface area contributed by atoms with Crippen molar-refractivity contribution in [3.05, 3.63) is 35.6 Å². The van der Waals surface area contributed by atoms with E-state index in [4.69, 9.17) is 0 Å². The van der Waals surface area contributed by atoms with Crippen molar-refractivity contribution >= 4 is 24.1 Å². The van der Waals surface area contributed by atoms with Gasteiger partial charge in [0.25, 0.3) is 0 Å². The monoisotopic (exact) mass is 354 g/mol. The summed E-state index contributed by atoms with van der Waals surface area (Å²) in [5.74, 6) is -1.16. The van der Waals surface area contributed by atoms with E-state index in [9.17, 15) is 14.0 Å². The molecule has 4 nitrogen and oxygen atoms in total. The van der Waals surface area contributed by atoms with Crippen LogP contribution in [0.3, 0.4) is 0 Å². The molecule has 2 aliphatic rings. The van der Waals surface area contributed by atoms with Gasteiger partial charge in [-0.3, -0.25) is 9.59 Å². The van der Waals surface area contributed by atoms with Crippen LogP contribution in [-0.2, 0) is 4.79 Å². The highest BCUT2D eigenvalue weighted by Gasteiger charge is 2.34. The van der Waals surface area contributed by atoms with Gasteiger partial charge in [0.1, 0.15) is 5.82 Å². The summed E-state index contributed by atoms with van der Waals surface area (Å²) in [6.45, 7) is 1.72.